The lowest BCUT2D eigenvalue weighted by Gasteiger charge is -2.07. The average molecular weight is 306 g/mol. The number of carbonyl (C=O) groups is 1. The van der Waals surface area contributed by atoms with E-state index in [1.807, 2.05) is 6.92 Å². The van der Waals surface area contributed by atoms with E-state index < -0.39 is 27.2 Å². The van der Waals surface area contributed by atoms with Crippen LogP contribution < -0.4 is 0 Å². The third kappa shape index (κ3) is 3.36. The summed E-state index contributed by atoms with van der Waals surface area (Å²) >= 11 is 0. The second-order valence-electron chi connectivity index (χ2n) is 4.91. The number of aryl methyl sites for hydroxylation is 2. The number of rotatable bonds is 4. The second-order valence-corrected chi connectivity index (χ2v) is 6.90. The molecule has 0 saturated carbocycles. The Kier molecular flexibility index (Phi) is 4.23. The van der Waals surface area contributed by atoms with Crippen molar-refractivity contribution in [1.82, 2.24) is 0 Å². The summed E-state index contributed by atoms with van der Waals surface area (Å²) in [6, 6.07) is 10.0. The topological polar surface area (TPSA) is 51.2 Å². The molecular formula is C16H15FO3S. The minimum Gasteiger partial charge on any atom is -0.293 e. The molecule has 5 heteroatoms. The first kappa shape index (κ1) is 15.4. The molecule has 0 aliphatic heterocycles. The van der Waals surface area contributed by atoms with Gasteiger partial charge >= 0.3 is 0 Å². The monoisotopic (exact) mass is 306 g/mol. The predicted octanol–water partition coefficient (Wildman–Crippen LogP) is 3.10. The minimum absolute atomic E-state index is 0.0790. The Balaban J connectivity index is 2.31. The van der Waals surface area contributed by atoms with Crippen LogP contribution in [-0.4, -0.2) is 20.0 Å². The molecule has 3 nitrogen and oxygen atoms in total. The summed E-state index contributed by atoms with van der Waals surface area (Å²) in [6.07, 6.45) is 0. The van der Waals surface area contributed by atoms with Crippen molar-refractivity contribution in [2.24, 2.45) is 0 Å². The van der Waals surface area contributed by atoms with Crippen molar-refractivity contribution in [2.45, 2.75) is 18.7 Å². The van der Waals surface area contributed by atoms with Gasteiger partial charge in [-0.05, 0) is 49.2 Å². The van der Waals surface area contributed by atoms with Gasteiger partial charge in [0.2, 0.25) is 0 Å². The van der Waals surface area contributed by atoms with E-state index in [0.29, 0.717) is 0 Å². The molecule has 0 atom stereocenters. The Bertz CT molecular complexity index is 795. The van der Waals surface area contributed by atoms with Gasteiger partial charge in [0.05, 0.1) is 10.5 Å². The van der Waals surface area contributed by atoms with E-state index in [2.05, 4.69) is 0 Å². The van der Waals surface area contributed by atoms with Gasteiger partial charge in [0.15, 0.2) is 15.6 Å². The van der Waals surface area contributed by atoms with Crippen LogP contribution in [0.5, 0.6) is 0 Å². The van der Waals surface area contributed by atoms with Crippen LogP contribution in [0.4, 0.5) is 4.39 Å². The van der Waals surface area contributed by atoms with Gasteiger partial charge in [0.25, 0.3) is 0 Å². The molecule has 2 rings (SSSR count). The minimum atomic E-state index is -3.78. The molecular weight excluding hydrogens is 291 g/mol. The first-order chi connectivity index (χ1) is 9.81. The lowest BCUT2D eigenvalue weighted by Crippen LogP contribution is -2.17. The third-order valence-corrected chi connectivity index (χ3v) is 4.95. The predicted molar refractivity (Wildman–Crippen MR) is 78.7 cm³/mol. The highest BCUT2D eigenvalue weighted by Crippen LogP contribution is 2.18. The van der Waals surface area contributed by atoms with Crippen LogP contribution in [0.2, 0.25) is 0 Å². The first-order valence-electron chi connectivity index (χ1n) is 6.39. The zero-order valence-corrected chi connectivity index (χ0v) is 12.6. The van der Waals surface area contributed by atoms with Crippen molar-refractivity contribution in [2.75, 3.05) is 5.75 Å². The zero-order valence-electron chi connectivity index (χ0n) is 11.8. The van der Waals surface area contributed by atoms with E-state index in [1.165, 1.54) is 30.3 Å². The van der Waals surface area contributed by atoms with Crippen LogP contribution in [0.3, 0.4) is 0 Å². The van der Waals surface area contributed by atoms with Crippen molar-refractivity contribution in [3.8, 4) is 0 Å². The van der Waals surface area contributed by atoms with E-state index in [9.17, 15) is 17.6 Å². The van der Waals surface area contributed by atoms with E-state index >= 15 is 0 Å². The lowest BCUT2D eigenvalue weighted by molar-refractivity contribution is 0.101. The number of sulfone groups is 1. The van der Waals surface area contributed by atoms with Crippen molar-refractivity contribution in [1.29, 1.82) is 0 Å². The van der Waals surface area contributed by atoms with Crippen molar-refractivity contribution in [3.63, 3.8) is 0 Å². The van der Waals surface area contributed by atoms with Crippen LogP contribution in [0.1, 0.15) is 21.5 Å². The highest BCUT2D eigenvalue weighted by molar-refractivity contribution is 7.92. The van der Waals surface area contributed by atoms with Gasteiger partial charge in [-0.25, -0.2) is 12.8 Å². The van der Waals surface area contributed by atoms with Crippen LogP contribution in [0, 0.1) is 19.7 Å². The number of ketones is 1. The molecule has 0 aliphatic carbocycles. The quantitative estimate of drug-likeness (QED) is 0.816. The summed E-state index contributed by atoms with van der Waals surface area (Å²) in [5, 5.41) is 0. The van der Waals surface area contributed by atoms with E-state index in [4.69, 9.17) is 0 Å². The Hall–Kier alpha value is -2.01. The van der Waals surface area contributed by atoms with E-state index in [-0.39, 0.29) is 10.5 Å². The fourth-order valence-electron chi connectivity index (χ4n) is 1.93. The number of benzene rings is 2. The number of halogens is 1. The number of Topliss-reactive ketones (excluding diaryl/α,β-unsaturated/α-hetero) is 1. The van der Waals surface area contributed by atoms with Crippen LogP contribution >= 0.6 is 0 Å². The van der Waals surface area contributed by atoms with Crippen molar-refractivity contribution >= 4 is 15.6 Å². The fraction of sp³-hybridized carbons (Fsp3) is 0.188. The summed E-state index contributed by atoms with van der Waals surface area (Å²) in [5.41, 5.74) is 1.59. The lowest BCUT2D eigenvalue weighted by atomic mass is 10.1. The summed E-state index contributed by atoms with van der Waals surface area (Å²) in [7, 11) is -3.78. The maximum absolute atomic E-state index is 13.5. The molecule has 21 heavy (non-hydrogen) atoms. The van der Waals surface area contributed by atoms with Gasteiger partial charge < -0.3 is 0 Å². The highest BCUT2D eigenvalue weighted by Gasteiger charge is 2.22. The van der Waals surface area contributed by atoms with Gasteiger partial charge in [-0.2, -0.15) is 0 Å². The van der Waals surface area contributed by atoms with Crippen LogP contribution in [0.15, 0.2) is 47.4 Å². The standard InChI is InChI=1S/C16H15FO3S/c1-11-7-8-13(9-12(11)2)21(19,20)10-16(18)14-5-3-4-6-15(14)17/h3-9H,10H2,1-2H3. The second kappa shape index (κ2) is 5.77. The molecule has 0 fully saturated rings. The molecule has 0 spiro atoms. The molecule has 0 N–H and O–H groups in total. The smallest absolute Gasteiger partial charge is 0.185 e. The SMILES string of the molecule is Cc1ccc(S(=O)(=O)CC(=O)c2ccccc2F)cc1C. The Labute approximate surface area is 123 Å². The molecule has 0 heterocycles. The molecule has 110 valence electrons. The average Bonchev–Trinajstić information content (AvgIpc) is 2.41. The van der Waals surface area contributed by atoms with Gasteiger partial charge in [-0.1, -0.05) is 18.2 Å². The largest absolute Gasteiger partial charge is 0.293 e. The van der Waals surface area contributed by atoms with E-state index in [1.54, 1.807) is 13.0 Å². The number of hydrogen-bond acceptors (Lipinski definition) is 3. The molecule has 0 saturated heterocycles. The maximum atomic E-state index is 13.5. The zero-order chi connectivity index (χ0) is 15.6. The summed E-state index contributed by atoms with van der Waals surface area (Å²) in [6.45, 7) is 3.67. The van der Waals surface area contributed by atoms with Crippen molar-refractivity contribution < 1.29 is 17.6 Å². The normalized spacial score (nSPS) is 11.4. The molecule has 2 aromatic carbocycles. The van der Waals surface area contributed by atoms with Crippen LogP contribution in [-0.2, 0) is 9.84 Å². The Morgan fingerprint density at radius 2 is 1.71 bits per heavy atom. The van der Waals surface area contributed by atoms with Gasteiger partial charge in [0, 0.05) is 0 Å². The molecule has 0 amide bonds. The van der Waals surface area contributed by atoms with Crippen LogP contribution in [0.25, 0.3) is 0 Å². The molecule has 2 aromatic rings. The molecule has 0 bridgehead atoms. The summed E-state index contributed by atoms with van der Waals surface area (Å²) in [4.78, 5) is 12.1. The number of carbonyl (C=O) groups excluding carboxylic acids is 1. The molecule has 0 aromatic heterocycles. The Morgan fingerprint density at radius 1 is 1.05 bits per heavy atom. The molecule has 0 unspecified atom stereocenters. The third-order valence-electron chi connectivity index (χ3n) is 3.33. The van der Waals surface area contributed by atoms with Gasteiger partial charge in [-0.3, -0.25) is 4.79 Å². The fourth-order valence-corrected chi connectivity index (χ4v) is 3.23. The van der Waals surface area contributed by atoms with Gasteiger partial charge in [-0.15, -0.1) is 0 Å². The maximum Gasteiger partial charge on any atom is 0.185 e. The Morgan fingerprint density at radius 3 is 2.33 bits per heavy atom. The molecule has 0 radical (unpaired) electrons. The van der Waals surface area contributed by atoms with E-state index in [0.717, 1.165) is 17.2 Å². The number of hydrogen-bond donors (Lipinski definition) is 0. The first-order valence-corrected chi connectivity index (χ1v) is 8.04. The molecule has 0 aliphatic rings. The summed E-state index contributed by atoms with van der Waals surface area (Å²) in [5.74, 6) is -2.19. The van der Waals surface area contributed by atoms with Crippen molar-refractivity contribution in [3.05, 3.63) is 65.0 Å². The summed E-state index contributed by atoms with van der Waals surface area (Å²) < 4.78 is 38.0. The highest BCUT2D eigenvalue weighted by atomic mass is 32.2. The van der Waals surface area contributed by atoms with Gasteiger partial charge in [0.1, 0.15) is 11.6 Å².